The topological polar surface area (TPSA) is 129 Å². The van der Waals surface area contributed by atoms with Crippen LogP contribution in [0.3, 0.4) is 0 Å². The number of carbonyl (C=O) groups excluding carboxylic acids is 4. The Morgan fingerprint density at radius 1 is 1.18 bits per heavy atom. The van der Waals surface area contributed by atoms with Crippen molar-refractivity contribution in [1.29, 1.82) is 0 Å². The number of carbonyl (C=O) groups is 4. The molecule has 10 heteroatoms. The molecule has 0 radical (unpaired) electrons. The molecule has 10 nitrogen and oxygen atoms in total. The van der Waals surface area contributed by atoms with Crippen molar-refractivity contribution in [2.24, 2.45) is 0 Å². The summed E-state index contributed by atoms with van der Waals surface area (Å²) in [5.41, 5.74) is 0.303. The van der Waals surface area contributed by atoms with Gasteiger partial charge >= 0.3 is 0 Å². The van der Waals surface area contributed by atoms with E-state index in [9.17, 15) is 19.2 Å². The van der Waals surface area contributed by atoms with Crippen LogP contribution in [0.15, 0.2) is 24.3 Å². The summed E-state index contributed by atoms with van der Waals surface area (Å²) in [4.78, 5) is 52.3. The fourth-order valence-corrected chi connectivity index (χ4v) is 3.29. The number of fused-ring (bicyclic) bond motifs is 1. The second kappa shape index (κ2) is 13.4. The van der Waals surface area contributed by atoms with Gasteiger partial charge in [-0.25, -0.2) is 0 Å². The first kappa shape index (κ1) is 26.1. The Morgan fingerprint density at radius 3 is 2.70 bits per heavy atom. The van der Waals surface area contributed by atoms with Crippen molar-refractivity contribution >= 4 is 23.6 Å². The van der Waals surface area contributed by atoms with Crippen LogP contribution in [0, 0.1) is 0 Å². The lowest BCUT2D eigenvalue weighted by Gasteiger charge is -2.21. The highest BCUT2D eigenvalue weighted by molar-refractivity contribution is 5.99. The monoisotopic (exact) mass is 461 g/mol. The lowest BCUT2D eigenvalue weighted by molar-refractivity contribution is -0.129. The van der Waals surface area contributed by atoms with Gasteiger partial charge in [-0.05, 0) is 59.0 Å². The van der Waals surface area contributed by atoms with E-state index in [1.807, 2.05) is 19.0 Å². The highest BCUT2D eigenvalue weighted by Crippen LogP contribution is 2.18. The van der Waals surface area contributed by atoms with E-state index >= 15 is 0 Å². The molecule has 1 aliphatic rings. The molecule has 1 aromatic carbocycles. The van der Waals surface area contributed by atoms with Gasteiger partial charge in [0.2, 0.25) is 17.7 Å². The number of nitrogens with one attached hydrogen (secondary N) is 4. The van der Waals surface area contributed by atoms with Crippen molar-refractivity contribution < 1.29 is 23.9 Å². The average molecular weight is 462 g/mol. The minimum Gasteiger partial charge on any atom is -0.493 e. The molecular formula is C23H35N5O5. The molecule has 0 saturated carbocycles. The Kier molecular flexibility index (Phi) is 10.6. The molecule has 4 amide bonds. The molecule has 1 aromatic rings. The van der Waals surface area contributed by atoms with E-state index < -0.39 is 18.0 Å². The minimum absolute atomic E-state index is 0.0220. The van der Waals surface area contributed by atoms with Gasteiger partial charge in [-0.2, -0.15) is 0 Å². The van der Waals surface area contributed by atoms with E-state index in [0.29, 0.717) is 37.4 Å². The Labute approximate surface area is 194 Å². The predicted molar refractivity (Wildman–Crippen MR) is 124 cm³/mol. The largest absolute Gasteiger partial charge is 0.493 e. The molecule has 0 spiro atoms. The number of ether oxygens (including phenoxy) is 1. The normalized spacial score (nSPS) is 20.7. The summed E-state index contributed by atoms with van der Waals surface area (Å²) in [7, 11) is 3.90. The predicted octanol–water partition coefficient (Wildman–Crippen LogP) is 0.0365. The highest BCUT2D eigenvalue weighted by Gasteiger charge is 2.25. The van der Waals surface area contributed by atoms with Crippen molar-refractivity contribution in [1.82, 2.24) is 26.2 Å². The summed E-state index contributed by atoms with van der Waals surface area (Å²) in [6, 6.07) is 5.16. The lowest BCUT2D eigenvalue weighted by atomic mass is 10.1. The number of rotatable bonds is 5. The maximum absolute atomic E-state index is 13.0. The molecule has 0 bridgehead atoms. The van der Waals surface area contributed by atoms with E-state index in [1.165, 1.54) is 0 Å². The Balaban J connectivity index is 2.16. The van der Waals surface area contributed by atoms with Crippen LogP contribution in [0.4, 0.5) is 0 Å². The summed E-state index contributed by atoms with van der Waals surface area (Å²) >= 11 is 0. The molecule has 2 rings (SSSR count). The summed E-state index contributed by atoms with van der Waals surface area (Å²) in [6.45, 7) is 3.53. The Hall–Kier alpha value is -3.14. The van der Waals surface area contributed by atoms with E-state index in [0.717, 1.165) is 13.0 Å². The van der Waals surface area contributed by atoms with Crippen molar-refractivity contribution in [3.05, 3.63) is 29.8 Å². The van der Waals surface area contributed by atoms with Crippen LogP contribution >= 0.6 is 0 Å². The smallest absolute Gasteiger partial charge is 0.255 e. The molecule has 1 heterocycles. The van der Waals surface area contributed by atoms with Crippen molar-refractivity contribution in [3.8, 4) is 5.75 Å². The molecule has 0 aromatic heterocycles. The van der Waals surface area contributed by atoms with Crippen LogP contribution in [-0.2, 0) is 14.4 Å². The zero-order valence-electron chi connectivity index (χ0n) is 19.6. The van der Waals surface area contributed by atoms with Crippen LogP contribution < -0.4 is 26.0 Å². The molecule has 1 unspecified atom stereocenters. The van der Waals surface area contributed by atoms with Crippen LogP contribution in [-0.4, -0.2) is 80.9 Å². The van der Waals surface area contributed by atoms with E-state index in [2.05, 4.69) is 21.3 Å². The second-order valence-corrected chi connectivity index (χ2v) is 8.29. The van der Waals surface area contributed by atoms with Gasteiger partial charge in [-0.15, -0.1) is 0 Å². The van der Waals surface area contributed by atoms with Gasteiger partial charge < -0.3 is 30.9 Å². The minimum atomic E-state index is -0.910. The standard InChI is InChI=1S/C23H35N5O5/c1-16-21(30)24-13-7-15-33-19-9-5-4-8-17(19)22(31)27-18(10-11-20(29)26-16)23(32)25-12-6-14-28(2)3/h4-5,8-9,16,18H,6-7,10-15H2,1-3H3,(H,24,30)(H,25,32)(H,26,29)(H,27,31)/t16?,18-/m0/s1. The highest BCUT2D eigenvalue weighted by atomic mass is 16.5. The third-order valence-corrected chi connectivity index (χ3v) is 5.14. The molecule has 182 valence electrons. The fourth-order valence-electron chi connectivity index (χ4n) is 3.29. The van der Waals surface area contributed by atoms with E-state index in [1.54, 1.807) is 31.2 Å². The maximum atomic E-state index is 13.0. The second-order valence-electron chi connectivity index (χ2n) is 8.29. The third kappa shape index (κ3) is 9.09. The number of amides is 4. The number of hydrogen-bond donors (Lipinski definition) is 4. The van der Waals surface area contributed by atoms with Crippen LogP contribution in [0.2, 0.25) is 0 Å². The molecule has 4 N–H and O–H groups in total. The van der Waals surface area contributed by atoms with Crippen molar-refractivity contribution in [2.75, 3.05) is 40.3 Å². The quantitative estimate of drug-likeness (QED) is 0.458. The summed E-state index contributed by atoms with van der Waals surface area (Å²) in [5.74, 6) is -1.08. The molecule has 0 aliphatic carbocycles. The van der Waals surface area contributed by atoms with Gasteiger partial charge in [0.1, 0.15) is 17.8 Å². The van der Waals surface area contributed by atoms with Crippen LogP contribution in [0.5, 0.6) is 5.75 Å². The summed E-state index contributed by atoms with van der Waals surface area (Å²) < 4.78 is 5.75. The van der Waals surface area contributed by atoms with Crippen LogP contribution in [0.1, 0.15) is 43.0 Å². The SMILES string of the molecule is CC1NC(=O)CC[C@@H](C(=O)NCCCN(C)C)NC(=O)c2ccccc2OCCCNC1=O. The lowest BCUT2D eigenvalue weighted by Crippen LogP contribution is -2.49. The van der Waals surface area contributed by atoms with Crippen molar-refractivity contribution in [3.63, 3.8) is 0 Å². The van der Waals surface area contributed by atoms with Gasteiger partial charge in [-0.1, -0.05) is 12.1 Å². The molecular weight excluding hydrogens is 426 g/mol. The number of nitrogens with zero attached hydrogens (tertiary/aromatic N) is 1. The molecule has 33 heavy (non-hydrogen) atoms. The number of benzene rings is 1. The Bertz CT molecular complexity index is 829. The summed E-state index contributed by atoms with van der Waals surface area (Å²) in [6.07, 6.45) is 1.35. The van der Waals surface area contributed by atoms with E-state index in [-0.39, 0.29) is 30.6 Å². The number of hydrogen-bond acceptors (Lipinski definition) is 6. The first-order valence-electron chi connectivity index (χ1n) is 11.3. The van der Waals surface area contributed by atoms with Gasteiger partial charge in [0.05, 0.1) is 12.2 Å². The molecule has 0 fully saturated rings. The summed E-state index contributed by atoms with van der Waals surface area (Å²) in [5, 5.41) is 11.0. The zero-order valence-corrected chi connectivity index (χ0v) is 19.6. The van der Waals surface area contributed by atoms with E-state index in [4.69, 9.17) is 4.74 Å². The Morgan fingerprint density at radius 2 is 1.94 bits per heavy atom. The average Bonchev–Trinajstić information content (AvgIpc) is 2.78. The van der Waals surface area contributed by atoms with Crippen molar-refractivity contribution in [2.45, 2.75) is 44.7 Å². The van der Waals surface area contributed by atoms with Gasteiger partial charge in [0, 0.05) is 19.5 Å². The first-order valence-corrected chi connectivity index (χ1v) is 11.3. The number of para-hydroxylation sites is 1. The third-order valence-electron chi connectivity index (χ3n) is 5.14. The molecule has 2 atom stereocenters. The fraction of sp³-hybridized carbons (Fsp3) is 0.565. The van der Waals surface area contributed by atoms with Gasteiger partial charge in [0.25, 0.3) is 5.91 Å². The molecule has 0 saturated heterocycles. The van der Waals surface area contributed by atoms with Gasteiger partial charge in [0.15, 0.2) is 0 Å². The zero-order chi connectivity index (χ0) is 24.2. The maximum Gasteiger partial charge on any atom is 0.255 e. The van der Waals surface area contributed by atoms with Crippen LogP contribution in [0.25, 0.3) is 0 Å². The molecule has 1 aliphatic heterocycles. The first-order chi connectivity index (χ1) is 15.8. The van der Waals surface area contributed by atoms with Gasteiger partial charge in [-0.3, -0.25) is 19.2 Å².